The Morgan fingerprint density at radius 1 is 1.00 bits per heavy atom. The first-order valence-corrected chi connectivity index (χ1v) is 7.11. The molecule has 1 heterocycles. The van der Waals surface area contributed by atoms with Crippen LogP contribution in [-0.2, 0) is 13.1 Å². The van der Waals surface area contributed by atoms with Gasteiger partial charge >= 0.3 is 5.63 Å². The second-order valence-electron chi connectivity index (χ2n) is 5.37. The lowest BCUT2D eigenvalue weighted by molar-refractivity contribution is 0.306. The summed E-state index contributed by atoms with van der Waals surface area (Å²) in [6, 6.07) is 17.0. The van der Waals surface area contributed by atoms with Gasteiger partial charge in [0.15, 0.2) is 0 Å². The van der Waals surface area contributed by atoms with Gasteiger partial charge in [-0.25, -0.2) is 4.79 Å². The van der Waals surface area contributed by atoms with Gasteiger partial charge in [0.2, 0.25) is 0 Å². The average molecular weight is 295 g/mol. The molecule has 112 valence electrons. The average Bonchev–Trinajstić information content (AvgIpc) is 2.52. The Kier molecular flexibility index (Phi) is 3.94. The zero-order valence-electron chi connectivity index (χ0n) is 12.3. The zero-order chi connectivity index (χ0) is 15.5. The molecule has 0 aliphatic heterocycles. The van der Waals surface area contributed by atoms with Crippen LogP contribution >= 0.6 is 0 Å². The maximum absolute atomic E-state index is 12.1. The van der Waals surface area contributed by atoms with Crippen molar-refractivity contribution in [3.8, 4) is 5.75 Å². The lowest BCUT2D eigenvalue weighted by atomic mass is 10.1. The Morgan fingerprint density at radius 2 is 1.68 bits per heavy atom. The molecule has 0 saturated carbocycles. The molecule has 0 atom stereocenters. The van der Waals surface area contributed by atoms with Gasteiger partial charge in [0, 0.05) is 13.1 Å². The van der Waals surface area contributed by atoms with Crippen LogP contribution < -0.4 is 5.63 Å². The molecule has 3 rings (SSSR count). The molecule has 3 aromatic rings. The maximum atomic E-state index is 12.1. The van der Waals surface area contributed by atoms with E-state index in [-0.39, 0.29) is 11.3 Å². The molecular formula is C18H17NO3. The van der Waals surface area contributed by atoms with Crippen molar-refractivity contribution >= 4 is 11.0 Å². The molecule has 0 amide bonds. The Hall–Kier alpha value is -2.59. The van der Waals surface area contributed by atoms with E-state index in [4.69, 9.17) is 4.42 Å². The molecule has 0 aliphatic carbocycles. The van der Waals surface area contributed by atoms with Crippen molar-refractivity contribution in [1.29, 1.82) is 0 Å². The lowest BCUT2D eigenvalue weighted by Gasteiger charge is -2.17. The largest absolute Gasteiger partial charge is 0.507 e. The highest BCUT2D eigenvalue weighted by Gasteiger charge is 2.15. The Labute approximate surface area is 128 Å². The third-order valence-electron chi connectivity index (χ3n) is 3.60. The summed E-state index contributed by atoms with van der Waals surface area (Å²) in [5, 5.41) is 10.9. The smallest absolute Gasteiger partial charge is 0.344 e. The number of rotatable bonds is 4. The minimum absolute atomic E-state index is 0.00626. The number of para-hydroxylation sites is 1. The van der Waals surface area contributed by atoms with Crippen LogP contribution in [0.1, 0.15) is 11.1 Å². The number of nitrogens with zero attached hydrogens (tertiary/aromatic N) is 1. The summed E-state index contributed by atoms with van der Waals surface area (Å²) in [4.78, 5) is 14.1. The minimum atomic E-state index is -0.490. The second kappa shape index (κ2) is 6.03. The highest BCUT2D eigenvalue weighted by Crippen LogP contribution is 2.26. The zero-order valence-corrected chi connectivity index (χ0v) is 12.3. The van der Waals surface area contributed by atoms with Gasteiger partial charge in [-0.1, -0.05) is 42.5 Å². The Bertz CT molecular complexity index is 840. The predicted octanol–water partition coefficient (Wildman–Crippen LogP) is 3.13. The molecule has 0 unspecified atom stereocenters. The van der Waals surface area contributed by atoms with E-state index in [1.165, 1.54) is 0 Å². The van der Waals surface area contributed by atoms with Gasteiger partial charge < -0.3 is 9.52 Å². The van der Waals surface area contributed by atoms with Crippen molar-refractivity contribution in [2.75, 3.05) is 7.05 Å². The van der Waals surface area contributed by atoms with Crippen LogP contribution in [0, 0.1) is 0 Å². The highest BCUT2D eigenvalue weighted by molar-refractivity contribution is 5.83. The fourth-order valence-corrected chi connectivity index (χ4v) is 2.53. The van der Waals surface area contributed by atoms with Crippen LogP contribution in [0.15, 0.2) is 63.8 Å². The molecule has 0 radical (unpaired) electrons. The topological polar surface area (TPSA) is 53.7 Å². The summed E-state index contributed by atoms with van der Waals surface area (Å²) in [7, 11) is 1.90. The van der Waals surface area contributed by atoms with Crippen LogP contribution in [0.3, 0.4) is 0 Å². The van der Waals surface area contributed by atoms with E-state index in [0.29, 0.717) is 24.1 Å². The summed E-state index contributed by atoms with van der Waals surface area (Å²) in [5.41, 5.74) is 1.35. The summed E-state index contributed by atoms with van der Waals surface area (Å²) in [6.07, 6.45) is 0. The van der Waals surface area contributed by atoms with Crippen molar-refractivity contribution in [3.63, 3.8) is 0 Å². The summed E-state index contributed by atoms with van der Waals surface area (Å²) < 4.78 is 5.28. The van der Waals surface area contributed by atoms with Crippen LogP contribution in [0.2, 0.25) is 0 Å². The predicted molar refractivity (Wildman–Crippen MR) is 85.8 cm³/mol. The molecule has 2 aromatic carbocycles. The molecule has 22 heavy (non-hydrogen) atoms. The lowest BCUT2D eigenvalue weighted by Crippen LogP contribution is -2.21. The number of hydrogen-bond acceptors (Lipinski definition) is 4. The molecule has 0 spiro atoms. The maximum Gasteiger partial charge on any atom is 0.344 e. The monoisotopic (exact) mass is 295 g/mol. The molecule has 1 N–H and O–H groups in total. The quantitative estimate of drug-likeness (QED) is 0.751. The van der Waals surface area contributed by atoms with Crippen LogP contribution in [0.25, 0.3) is 11.0 Å². The first-order valence-electron chi connectivity index (χ1n) is 7.11. The van der Waals surface area contributed by atoms with E-state index in [0.717, 1.165) is 5.56 Å². The minimum Gasteiger partial charge on any atom is -0.507 e. The molecular weight excluding hydrogens is 278 g/mol. The molecule has 1 aromatic heterocycles. The second-order valence-corrected chi connectivity index (χ2v) is 5.37. The Balaban J connectivity index is 1.89. The highest BCUT2D eigenvalue weighted by atomic mass is 16.4. The van der Waals surface area contributed by atoms with Crippen LogP contribution in [0.4, 0.5) is 0 Å². The van der Waals surface area contributed by atoms with E-state index in [1.807, 2.05) is 42.3 Å². The summed E-state index contributed by atoms with van der Waals surface area (Å²) in [6.45, 7) is 1.01. The molecule has 0 saturated heterocycles. The number of fused-ring (bicyclic) bond motifs is 1. The summed E-state index contributed by atoms with van der Waals surface area (Å²) >= 11 is 0. The Morgan fingerprint density at radius 3 is 2.45 bits per heavy atom. The van der Waals surface area contributed by atoms with Gasteiger partial charge in [0.25, 0.3) is 0 Å². The van der Waals surface area contributed by atoms with Crippen molar-refractivity contribution in [3.05, 3.63) is 76.1 Å². The van der Waals surface area contributed by atoms with Gasteiger partial charge in [0.05, 0.1) is 10.9 Å². The summed E-state index contributed by atoms with van der Waals surface area (Å²) in [5.74, 6) is 0.00626. The third-order valence-corrected chi connectivity index (χ3v) is 3.60. The number of aromatic hydroxyl groups is 1. The molecule has 0 fully saturated rings. The normalized spacial score (nSPS) is 11.2. The van der Waals surface area contributed by atoms with Gasteiger partial charge in [-0.15, -0.1) is 0 Å². The first kappa shape index (κ1) is 14.4. The number of hydrogen-bond donors (Lipinski definition) is 1. The standard InChI is InChI=1S/C18H17NO3/c1-19(11-13-7-3-2-4-8-13)12-15-17(20)14-9-5-6-10-16(14)22-18(15)21/h2-10,20H,11-12H2,1H3. The van der Waals surface area contributed by atoms with E-state index in [9.17, 15) is 9.90 Å². The van der Waals surface area contributed by atoms with E-state index < -0.39 is 5.63 Å². The number of benzene rings is 2. The fourth-order valence-electron chi connectivity index (χ4n) is 2.53. The van der Waals surface area contributed by atoms with Crippen LogP contribution in [-0.4, -0.2) is 17.1 Å². The van der Waals surface area contributed by atoms with Crippen LogP contribution in [0.5, 0.6) is 5.75 Å². The van der Waals surface area contributed by atoms with Gasteiger partial charge in [0.1, 0.15) is 11.3 Å². The van der Waals surface area contributed by atoms with E-state index >= 15 is 0 Å². The fraction of sp³-hybridized carbons (Fsp3) is 0.167. The van der Waals surface area contributed by atoms with Gasteiger partial charge in [-0.2, -0.15) is 0 Å². The van der Waals surface area contributed by atoms with Crippen molar-refractivity contribution in [2.45, 2.75) is 13.1 Å². The molecule has 0 bridgehead atoms. The molecule has 0 aliphatic rings. The SMILES string of the molecule is CN(Cc1ccccc1)Cc1c(O)c2ccccc2oc1=O. The third kappa shape index (κ3) is 2.87. The molecule has 4 nitrogen and oxygen atoms in total. The van der Waals surface area contributed by atoms with Crippen molar-refractivity contribution < 1.29 is 9.52 Å². The van der Waals surface area contributed by atoms with E-state index in [1.54, 1.807) is 24.3 Å². The molecule has 4 heteroatoms. The van der Waals surface area contributed by atoms with Gasteiger partial charge in [-0.05, 0) is 24.7 Å². The van der Waals surface area contributed by atoms with E-state index in [2.05, 4.69) is 0 Å². The van der Waals surface area contributed by atoms with Crippen molar-refractivity contribution in [2.24, 2.45) is 0 Å². The van der Waals surface area contributed by atoms with Crippen molar-refractivity contribution in [1.82, 2.24) is 4.90 Å². The first-order chi connectivity index (χ1) is 10.6. The van der Waals surface area contributed by atoms with Gasteiger partial charge in [-0.3, -0.25) is 4.90 Å².